The molecule has 7 heteroatoms. The van der Waals surface area contributed by atoms with Gasteiger partial charge in [0.25, 0.3) is 11.8 Å². The topological polar surface area (TPSA) is 65.1 Å². The molecule has 1 aliphatic heterocycles. The Morgan fingerprint density at radius 2 is 1.48 bits per heavy atom. The number of carbonyl (C=O) groups is 2. The van der Waals surface area contributed by atoms with Gasteiger partial charge in [-0.3, -0.25) is 9.59 Å². The van der Waals surface area contributed by atoms with Gasteiger partial charge in [-0.05, 0) is 6.07 Å². The van der Waals surface area contributed by atoms with Crippen molar-refractivity contribution in [3.05, 3.63) is 52.9 Å². The average molecular weight is 413 g/mol. The number of methoxy groups -OCH3 is 3. The summed E-state index contributed by atoms with van der Waals surface area (Å²) >= 11 is 1.36. The highest BCUT2D eigenvalue weighted by Crippen LogP contribution is 2.43. The first-order valence-corrected chi connectivity index (χ1v) is 9.95. The summed E-state index contributed by atoms with van der Waals surface area (Å²) in [7, 11) is 4.58. The first kappa shape index (κ1) is 20.8. The lowest BCUT2D eigenvalue weighted by atomic mass is 10.0. The van der Waals surface area contributed by atoms with Crippen molar-refractivity contribution in [1.29, 1.82) is 0 Å². The minimum absolute atomic E-state index is 0.117. The Labute approximate surface area is 174 Å². The van der Waals surface area contributed by atoms with Gasteiger partial charge in [0.05, 0.1) is 37.5 Å². The number of nitrogens with zero attached hydrogens (tertiary/aromatic N) is 1. The largest absolute Gasteiger partial charge is 0.497 e. The fraction of sp³-hybridized carbons (Fsp3) is 0.273. The van der Waals surface area contributed by atoms with Crippen LogP contribution >= 0.6 is 11.8 Å². The number of rotatable bonds is 7. The number of para-hydroxylation sites is 1. The van der Waals surface area contributed by atoms with Crippen LogP contribution in [0.4, 0.5) is 5.69 Å². The maximum Gasteiger partial charge on any atom is 0.272 e. The second kappa shape index (κ2) is 8.61. The molecule has 3 rings (SSSR count). The van der Waals surface area contributed by atoms with Crippen LogP contribution in [0.1, 0.15) is 19.4 Å². The Morgan fingerprint density at radius 3 is 2.03 bits per heavy atom. The van der Waals surface area contributed by atoms with E-state index in [-0.39, 0.29) is 11.2 Å². The molecule has 0 aromatic heterocycles. The quantitative estimate of drug-likeness (QED) is 0.636. The molecule has 0 saturated carbocycles. The van der Waals surface area contributed by atoms with Crippen molar-refractivity contribution >= 4 is 34.8 Å². The minimum atomic E-state index is -0.405. The van der Waals surface area contributed by atoms with E-state index in [0.29, 0.717) is 39.0 Å². The minimum Gasteiger partial charge on any atom is -0.497 e. The Kier molecular flexibility index (Phi) is 6.17. The summed E-state index contributed by atoms with van der Waals surface area (Å²) in [4.78, 5) is 28.4. The zero-order valence-corrected chi connectivity index (χ0v) is 17.8. The molecule has 0 saturated heterocycles. The van der Waals surface area contributed by atoms with Crippen LogP contribution in [0.3, 0.4) is 0 Å². The second-order valence-corrected chi connectivity index (χ2v) is 8.17. The predicted octanol–water partition coefficient (Wildman–Crippen LogP) is 4.14. The normalized spacial score (nSPS) is 14.1. The van der Waals surface area contributed by atoms with E-state index in [9.17, 15) is 9.59 Å². The van der Waals surface area contributed by atoms with Crippen molar-refractivity contribution < 1.29 is 23.8 Å². The van der Waals surface area contributed by atoms with Crippen LogP contribution in [-0.2, 0) is 9.59 Å². The van der Waals surface area contributed by atoms with Crippen molar-refractivity contribution in [2.75, 3.05) is 26.2 Å². The van der Waals surface area contributed by atoms with E-state index in [2.05, 4.69) is 0 Å². The number of thioether (sulfide) groups is 1. The maximum absolute atomic E-state index is 13.5. The molecule has 2 aromatic rings. The summed E-state index contributed by atoms with van der Waals surface area (Å²) in [6.07, 6.45) is 0. The van der Waals surface area contributed by atoms with Crippen LogP contribution in [0.25, 0.3) is 5.57 Å². The molecule has 0 bridgehead atoms. The van der Waals surface area contributed by atoms with Crippen LogP contribution in [0.5, 0.6) is 17.2 Å². The van der Waals surface area contributed by atoms with Crippen LogP contribution < -0.4 is 19.1 Å². The van der Waals surface area contributed by atoms with Gasteiger partial charge in [-0.2, -0.15) is 0 Å². The zero-order valence-electron chi connectivity index (χ0n) is 17.0. The van der Waals surface area contributed by atoms with Crippen molar-refractivity contribution in [1.82, 2.24) is 0 Å². The third-order valence-corrected chi connectivity index (χ3v) is 5.45. The molecular weight excluding hydrogens is 390 g/mol. The van der Waals surface area contributed by atoms with Gasteiger partial charge < -0.3 is 14.2 Å². The summed E-state index contributed by atoms with van der Waals surface area (Å²) < 4.78 is 16.0. The summed E-state index contributed by atoms with van der Waals surface area (Å²) in [6, 6.07) is 12.2. The molecule has 1 aliphatic rings. The lowest BCUT2D eigenvalue weighted by Crippen LogP contribution is -2.31. The molecule has 0 aliphatic carbocycles. The number of anilines is 1. The van der Waals surface area contributed by atoms with E-state index in [0.717, 1.165) is 4.90 Å². The monoisotopic (exact) mass is 413 g/mol. The molecule has 29 heavy (non-hydrogen) atoms. The molecule has 1 heterocycles. The Hall–Kier alpha value is -2.93. The van der Waals surface area contributed by atoms with Gasteiger partial charge in [0.15, 0.2) is 0 Å². The molecule has 0 fully saturated rings. The van der Waals surface area contributed by atoms with Crippen molar-refractivity contribution in [2.24, 2.45) is 0 Å². The van der Waals surface area contributed by atoms with Crippen LogP contribution in [0.15, 0.2) is 47.4 Å². The third-order valence-electron chi connectivity index (χ3n) is 4.37. The summed E-state index contributed by atoms with van der Waals surface area (Å²) in [5.74, 6) is 0.742. The SMILES string of the molecule is COc1cc(OC)cc(N2C(=O)C(SC(C)C)=C(c3ccccc3OC)C2=O)c1. The van der Waals surface area contributed by atoms with E-state index in [1.54, 1.807) is 37.4 Å². The predicted molar refractivity (Wildman–Crippen MR) is 115 cm³/mol. The van der Waals surface area contributed by atoms with Crippen molar-refractivity contribution in [3.8, 4) is 17.2 Å². The molecule has 0 spiro atoms. The van der Waals surface area contributed by atoms with Gasteiger partial charge in [-0.25, -0.2) is 4.90 Å². The fourth-order valence-corrected chi connectivity index (χ4v) is 4.08. The smallest absolute Gasteiger partial charge is 0.272 e. The van der Waals surface area contributed by atoms with Gasteiger partial charge in [-0.1, -0.05) is 32.0 Å². The third kappa shape index (κ3) is 3.96. The highest BCUT2D eigenvalue weighted by atomic mass is 32.2. The zero-order chi connectivity index (χ0) is 21.1. The number of hydrogen-bond donors (Lipinski definition) is 0. The summed E-state index contributed by atoms with van der Waals surface area (Å²) in [6.45, 7) is 3.96. The Balaban J connectivity index is 2.16. The molecule has 152 valence electrons. The molecular formula is C22H23NO5S. The Morgan fingerprint density at radius 1 is 0.862 bits per heavy atom. The summed E-state index contributed by atoms with van der Waals surface area (Å²) in [5.41, 5.74) is 1.32. The molecule has 0 N–H and O–H groups in total. The van der Waals surface area contributed by atoms with E-state index in [1.165, 1.54) is 26.0 Å². The van der Waals surface area contributed by atoms with Gasteiger partial charge >= 0.3 is 0 Å². The van der Waals surface area contributed by atoms with Crippen molar-refractivity contribution in [2.45, 2.75) is 19.1 Å². The molecule has 2 aromatic carbocycles. The lowest BCUT2D eigenvalue weighted by Gasteiger charge is -2.17. The maximum atomic E-state index is 13.5. The highest BCUT2D eigenvalue weighted by Gasteiger charge is 2.41. The van der Waals surface area contributed by atoms with E-state index >= 15 is 0 Å². The van der Waals surface area contributed by atoms with E-state index in [4.69, 9.17) is 14.2 Å². The standard InChI is InChI=1S/C22H23NO5S/c1-13(2)29-20-19(17-8-6-7-9-18(17)28-5)21(24)23(22(20)25)14-10-15(26-3)12-16(11-14)27-4/h6-13H,1-5H3. The fourth-order valence-electron chi connectivity index (χ4n) is 3.10. The highest BCUT2D eigenvalue weighted by molar-refractivity contribution is 8.04. The van der Waals surface area contributed by atoms with Crippen molar-refractivity contribution in [3.63, 3.8) is 0 Å². The van der Waals surface area contributed by atoms with E-state index < -0.39 is 5.91 Å². The van der Waals surface area contributed by atoms with E-state index in [1.807, 2.05) is 26.0 Å². The number of imide groups is 1. The number of hydrogen-bond acceptors (Lipinski definition) is 6. The number of benzene rings is 2. The number of amides is 2. The second-order valence-electron chi connectivity index (χ2n) is 6.59. The van der Waals surface area contributed by atoms with Gasteiger partial charge in [-0.15, -0.1) is 11.8 Å². The van der Waals surface area contributed by atoms with Crippen LogP contribution in [-0.4, -0.2) is 38.4 Å². The van der Waals surface area contributed by atoms with Crippen LogP contribution in [0, 0.1) is 0 Å². The number of ether oxygens (including phenoxy) is 3. The molecule has 0 unspecified atom stereocenters. The van der Waals surface area contributed by atoms with Crippen LogP contribution in [0.2, 0.25) is 0 Å². The average Bonchev–Trinajstić information content (AvgIpc) is 2.96. The lowest BCUT2D eigenvalue weighted by molar-refractivity contribution is -0.119. The molecule has 2 amide bonds. The Bertz CT molecular complexity index is 961. The van der Waals surface area contributed by atoms with Gasteiger partial charge in [0, 0.05) is 29.0 Å². The van der Waals surface area contributed by atoms with Gasteiger partial charge in [0.2, 0.25) is 0 Å². The van der Waals surface area contributed by atoms with Gasteiger partial charge in [0.1, 0.15) is 17.2 Å². The first-order valence-electron chi connectivity index (χ1n) is 9.07. The summed E-state index contributed by atoms with van der Waals surface area (Å²) in [5, 5.41) is 0.117. The molecule has 0 atom stereocenters. The molecule has 0 radical (unpaired) electrons. The first-order chi connectivity index (χ1) is 13.9. The number of carbonyl (C=O) groups excluding carboxylic acids is 2. The molecule has 6 nitrogen and oxygen atoms in total.